The van der Waals surface area contributed by atoms with E-state index in [4.69, 9.17) is 25.8 Å². The van der Waals surface area contributed by atoms with E-state index in [1.807, 2.05) is 0 Å². The van der Waals surface area contributed by atoms with Crippen LogP contribution in [0.1, 0.15) is 6.92 Å². The predicted molar refractivity (Wildman–Crippen MR) is 74.5 cm³/mol. The monoisotopic (exact) mass is 299 g/mol. The summed E-state index contributed by atoms with van der Waals surface area (Å²) in [6, 6.07) is 2.08. The second kappa shape index (κ2) is 5.71. The normalized spacial score (nSPS) is 21.4. The lowest BCUT2D eigenvalue weighted by Gasteiger charge is -2.37. The molecule has 1 aromatic heterocycles. The van der Waals surface area contributed by atoms with Crippen LogP contribution in [-0.2, 0) is 9.47 Å². The second-order valence-electron chi connectivity index (χ2n) is 5.52. The van der Waals surface area contributed by atoms with E-state index in [-0.39, 0.29) is 5.41 Å². The molecule has 3 heterocycles. The summed E-state index contributed by atoms with van der Waals surface area (Å²) >= 11 is 6.05. The van der Waals surface area contributed by atoms with E-state index in [0.29, 0.717) is 44.2 Å². The van der Waals surface area contributed by atoms with Crippen LogP contribution in [0, 0.1) is 5.41 Å². The molecule has 2 fully saturated rings. The van der Waals surface area contributed by atoms with E-state index in [1.54, 1.807) is 6.07 Å². The molecule has 20 heavy (non-hydrogen) atoms. The zero-order chi connectivity index (χ0) is 14.0. The minimum atomic E-state index is 0.0603. The van der Waals surface area contributed by atoms with Gasteiger partial charge in [-0.05, 0) is 0 Å². The van der Waals surface area contributed by atoms with E-state index in [0.717, 1.165) is 18.9 Å². The number of anilines is 1. The van der Waals surface area contributed by atoms with Crippen molar-refractivity contribution in [3.8, 4) is 6.01 Å². The third kappa shape index (κ3) is 3.13. The molecule has 2 saturated heterocycles. The van der Waals surface area contributed by atoms with Gasteiger partial charge >= 0.3 is 6.01 Å². The van der Waals surface area contributed by atoms with Crippen LogP contribution in [0.25, 0.3) is 0 Å². The highest BCUT2D eigenvalue weighted by Crippen LogP contribution is 2.27. The van der Waals surface area contributed by atoms with Gasteiger partial charge in [0.2, 0.25) is 0 Å². The smallest absolute Gasteiger partial charge is 0.319 e. The van der Waals surface area contributed by atoms with Crippen molar-refractivity contribution >= 4 is 17.4 Å². The molecule has 0 atom stereocenters. The molecular formula is C13H18ClN3O3. The van der Waals surface area contributed by atoms with Gasteiger partial charge in [0.25, 0.3) is 0 Å². The Kier molecular flexibility index (Phi) is 3.96. The molecule has 0 radical (unpaired) electrons. The summed E-state index contributed by atoms with van der Waals surface area (Å²) in [6.45, 7) is 7.09. The lowest BCUT2D eigenvalue weighted by atomic mass is 9.90. The van der Waals surface area contributed by atoms with Crippen LogP contribution >= 0.6 is 11.6 Å². The van der Waals surface area contributed by atoms with Crippen LogP contribution in [0.5, 0.6) is 6.01 Å². The fourth-order valence-electron chi connectivity index (χ4n) is 2.18. The number of hydrogen-bond donors (Lipinski definition) is 0. The fraction of sp³-hybridized carbons (Fsp3) is 0.692. The van der Waals surface area contributed by atoms with Crippen molar-refractivity contribution in [2.75, 3.05) is 51.0 Å². The highest BCUT2D eigenvalue weighted by molar-refractivity contribution is 6.29. The van der Waals surface area contributed by atoms with Crippen LogP contribution in [0.2, 0.25) is 5.15 Å². The molecule has 0 unspecified atom stereocenters. The Morgan fingerprint density at radius 1 is 1.30 bits per heavy atom. The largest absolute Gasteiger partial charge is 0.463 e. The minimum absolute atomic E-state index is 0.0603. The van der Waals surface area contributed by atoms with Crippen molar-refractivity contribution in [1.29, 1.82) is 0 Å². The zero-order valence-electron chi connectivity index (χ0n) is 11.5. The van der Waals surface area contributed by atoms with Gasteiger partial charge in [-0.25, -0.2) is 0 Å². The van der Waals surface area contributed by atoms with Crippen molar-refractivity contribution in [2.45, 2.75) is 6.92 Å². The Labute approximate surface area is 123 Å². The molecule has 0 bridgehead atoms. The van der Waals surface area contributed by atoms with Crippen molar-refractivity contribution in [1.82, 2.24) is 9.97 Å². The van der Waals surface area contributed by atoms with Crippen LogP contribution in [-0.4, -0.2) is 56.1 Å². The van der Waals surface area contributed by atoms with Gasteiger partial charge in [-0.15, -0.1) is 0 Å². The average molecular weight is 300 g/mol. The molecule has 0 N–H and O–H groups in total. The first-order valence-corrected chi connectivity index (χ1v) is 7.10. The minimum Gasteiger partial charge on any atom is -0.463 e. The van der Waals surface area contributed by atoms with E-state index in [1.165, 1.54) is 0 Å². The number of aromatic nitrogens is 2. The molecule has 3 rings (SSSR count). The van der Waals surface area contributed by atoms with Gasteiger partial charge in [-0.3, -0.25) is 0 Å². The molecule has 7 heteroatoms. The van der Waals surface area contributed by atoms with Gasteiger partial charge in [0.05, 0.1) is 26.4 Å². The van der Waals surface area contributed by atoms with Gasteiger partial charge in [-0.2, -0.15) is 9.97 Å². The lowest BCUT2D eigenvalue weighted by molar-refractivity contribution is -0.121. The van der Waals surface area contributed by atoms with E-state index in [9.17, 15) is 0 Å². The molecule has 0 spiro atoms. The molecule has 110 valence electrons. The Balaban J connectivity index is 1.69. The molecule has 0 amide bonds. The van der Waals surface area contributed by atoms with E-state index >= 15 is 0 Å². The number of halogens is 1. The maximum atomic E-state index is 6.05. The summed E-state index contributed by atoms with van der Waals surface area (Å²) < 4.78 is 16.2. The summed E-state index contributed by atoms with van der Waals surface area (Å²) in [5.74, 6) is 0.790. The van der Waals surface area contributed by atoms with Crippen LogP contribution < -0.4 is 9.64 Å². The van der Waals surface area contributed by atoms with Crippen molar-refractivity contribution in [3.05, 3.63) is 11.2 Å². The van der Waals surface area contributed by atoms with Gasteiger partial charge in [0.15, 0.2) is 0 Å². The molecule has 0 saturated carbocycles. The highest BCUT2D eigenvalue weighted by Gasteiger charge is 2.34. The molecule has 0 aliphatic carbocycles. The van der Waals surface area contributed by atoms with Gasteiger partial charge in [-0.1, -0.05) is 18.5 Å². The second-order valence-corrected chi connectivity index (χ2v) is 5.91. The Bertz CT molecular complexity index is 476. The number of morpholine rings is 1. The maximum Gasteiger partial charge on any atom is 0.319 e. The molecule has 6 nitrogen and oxygen atoms in total. The van der Waals surface area contributed by atoms with Crippen molar-refractivity contribution < 1.29 is 14.2 Å². The average Bonchev–Trinajstić information content (AvgIpc) is 2.43. The van der Waals surface area contributed by atoms with Gasteiger partial charge < -0.3 is 19.1 Å². The first-order valence-electron chi connectivity index (χ1n) is 6.72. The Morgan fingerprint density at radius 2 is 2.05 bits per heavy atom. The summed E-state index contributed by atoms with van der Waals surface area (Å²) in [6.07, 6.45) is 0. The van der Waals surface area contributed by atoms with Crippen LogP contribution in [0.15, 0.2) is 6.07 Å². The molecule has 0 aromatic carbocycles. The number of hydrogen-bond acceptors (Lipinski definition) is 6. The zero-order valence-corrected chi connectivity index (χ0v) is 12.2. The topological polar surface area (TPSA) is 56.7 Å². The Hall–Kier alpha value is -1.11. The molecule has 2 aliphatic rings. The van der Waals surface area contributed by atoms with Gasteiger partial charge in [0, 0.05) is 24.6 Å². The summed E-state index contributed by atoms with van der Waals surface area (Å²) in [7, 11) is 0. The Morgan fingerprint density at radius 3 is 2.70 bits per heavy atom. The first-order chi connectivity index (χ1) is 9.65. The lowest BCUT2D eigenvalue weighted by Crippen LogP contribution is -2.44. The SMILES string of the molecule is CC1(COc2nc(Cl)cc(N3CCOCC3)n2)COC1. The predicted octanol–water partition coefficient (Wildman–Crippen LogP) is 1.38. The molecule has 1 aromatic rings. The summed E-state index contributed by atoms with van der Waals surface area (Å²) in [4.78, 5) is 10.7. The maximum absolute atomic E-state index is 6.05. The van der Waals surface area contributed by atoms with Crippen molar-refractivity contribution in [2.24, 2.45) is 5.41 Å². The summed E-state index contributed by atoms with van der Waals surface area (Å²) in [5.41, 5.74) is 0.0603. The van der Waals surface area contributed by atoms with Gasteiger partial charge in [0.1, 0.15) is 17.6 Å². The van der Waals surface area contributed by atoms with Crippen molar-refractivity contribution in [3.63, 3.8) is 0 Å². The third-order valence-corrected chi connectivity index (χ3v) is 3.64. The van der Waals surface area contributed by atoms with Crippen LogP contribution in [0.3, 0.4) is 0 Å². The van der Waals surface area contributed by atoms with E-state index < -0.39 is 0 Å². The highest BCUT2D eigenvalue weighted by atomic mass is 35.5. The number of nitrogens with zero attached hydrogens (tertiary/aromatic N) is 3. The third-order valence-electron chi connectivity index (χ3n) is 3.45. The standard InChI is InChI=1S/C13H18ClN3O3/c1-13(7-19-8-13)9-20-12-15-10(14)6-11(16-12)17-2-4-18-5-3-17/h6H,2-5,7-9H2,1H3. The molecular weight excluding hydrogens is 282 g/mol. The van der Waals surface area contributed by atoms with E-state index in [2.05, 4.69) is 21.8 Å². The first kappa shape index (κ1) is 13.9. The number of rotatable bonds is 4. The number of ether oxygens (including phenoxy) is 3. The molecule has 2 aliphatic heterocycles. The summed E-state index contributed by atoms with van der Waals surface area (Å²) in [5, 5.41) is 0.395. The quantitative estimate of drug-likeness (QED) is 0.783. The fourth-order valence-corrected chi connectivity index (χ4v) is 2.35. The van der Waals surface area contributed by atoms with Crippen LogP contribution in [0.4, 0.5) is 5.82 Å².